The van der Waals surface area contributed by atoms with Crippen molar-refractivity contribution < 1.29 is 23.8 Å². The van der Waals surface area contributed by atoms with Gasteiger partial charge in [0.2, 0.25) is 5.95 Å². The van der Waals surface area contributed by atoms with Gasteiger partial charge in [-0.15, -0.1) is 11.3 Å². The maximum absolute atomic E-state index is 13.7. The first-order valence-electron chi connectivity index (χ1n) is 10.7. The zero-order chi connectivity index (χ0) is 24.8. The molecule has 11 nitrogen and oxygen atoms in total. The summed E-state index contributed by atoms with van der Waals surface area (Å²) in [7, 11) is 0. The third-order valence-corrected chi connectivity index (χ3v) is 6.17. The maximum atomic E-state index is 13.7. The lowest BCUT2D eigenvalue weighted by atomic mass is 9.89. The molecule has 0 aliphatic heterocycles. The van der Waals surface area contributed by atoms with E-state index in [1.165, 1.54) is 17.5 Å². The van der Waals surface area contributed by atoms with Crippen LogP contribution in [0.15, 0.2) is 42.2 Å². The molecule has 0 spiro atoms. The molecule has 1 amide bonds. The fourth-order valence-corrected chi connectivity index (χ4v) is 4.40. The molecule has 0 bridgehead atoms. The van der Waals surface area contributed by atoms with Gasteiger partial charge >= 0.3 is 0 Å². The van der Waals surface area contributed by atoms with Gasteiger partial charge in [0.15, 0.2) is 0 Å². The minimum Gasteiger partial charge on any atom is -0.483 e. The van der Waals surface area contributed by atoms with Gasteiger partial charge in [0.25, 0.3) is 12.4 Å². The second-order valence-corrected chi connectivity index (χ2v) is 8.34. The van der Waals surface area contributed by atoms with E-state index in [9.17, 15) is 9.18 Å². The molecule has 0 aromatic carbocycles. The number of nitrogens with zero attached hydrogens (tertiary/aromatic N) is 5. The van der Waals surface area contributed by atoms with Crippen molar-refractivity contribution in [2.75, 3.05) is 11.9 Å². The number of rotatable bonds is 7. The van der Waals surface area contributed by atoms with Crippen molar-refractivity contribution >= 4 is 29.4 Å². The Labute approximate surface area is 203 Å². The number of carboxylic acid groups (broad SMARTS) is 1. The van der Waals surface area contributed by atoms with Crippen LogP contribution < -0.4 is 5.32 Å². The van der Waals surface area contributed by atoms with Crippen LogP contribution in [0.3, 0.4) is 0 Å². The van der Waals surface area contributed by atoms with E-state index in [1.54, 1.807) is 11.6 Å². The summed E-state index contributed by atoms with van der Waals surface area (Å²) >= 11 is 1.17. The second-order valence-electron chi connectivity index (χ2n) is 7.48. The Hall–Kier alpha value is -3.97. The molecule has 0 radical (unpaired) electrons. The number of carbonyl (C=O) groups excluding carboxylic acids is 1. The Bertz CT molecular complexity index is 1280. The number of pyridine rings is 1. The predicted octanol–water partition coefficient (Wildman–Crippen LogP) is 3.62. The lowest BCUT2D eigenvalue weighted by Crippen LogP contribution is -2.33. The summed E-state index contributed by atoms with van der Waals surface area (Å²) in [6.07, 6.45) is 6.82. The number of H-pyrrole nitrogens is 1. The number of aromatic nitrogens is 6. The van der Waals surface area contributed by atoms with Crippen molar-refractivity contribution in [1.29, 1.82) is 0 Å². The Morgan fingerprint density at radius 2 is 2.23 bits per heavy atom. The average Bonchev–Trinajstić information content (AvgIpc) is 3.57. The van der Waals surface area contributed by atoms with Crippen LogP contribution in [0.1, 0.15) is 36.3 Å². The number of ether oxygens (including phenoxy) is 1. The van der Waals surface area contributed by atoms with Gasteiger partial charge in [-0.05, 0) is 31.9 Å². The molecule has 5 rings (SSSR count). The van der Waals surface area contributed by atoms with E-state index in [-0.39, 0.29) is 29.9 Å². The minimum absolute atomic E-state index is 0.186. The van der Waals surface area contributed by atoms with Crippen molar-refractivity contribution in [2.24, 2.45) is 0 Å². The lowest BCUT2D eigenvalue weighted by Gasteiger charge is -2.34. The number of hydrogen-bond donors (Lipinski definition) is 3. The monoisotopic (exact) mass is 499 g/mol. The van der Waals surface area contributed by atoms with Crippen LogP contribution in [0.4, 0.5) is 10.1 Å². The van der Waals surface area contributed by atoms with E-state index in [0.717, 1.165) is 12.8 Å². The zero-order valence-corrected chi connectivity index (χ0v) is 19.4. The Kier molecular flexibility index (Phi) is 7.57. The number of carbonyl (C=O) groups is 2. The molecule has 4 heterocycles. The SMILES string of the molecule is CCOC1CC(n2cc(NC(=O)c3csc(-c4cn[nH]c4F)n3)c(-c3ccccn3)n2)C1.O=CO. The summed E-state index contributed by atoms with van der Waals surface area (Å²) in [4.78, 5) is 29.9. The molecule has 1 saturated carbocycles. The van der Waals surface area contributed by atoms with Crippen molar-refractivity contribution in [3.63, 3.8) is 0 Å². The lowest BCUT2D eigenvalue weighted by molar-refractivity contribution is -0.122. The van der Waals surface area contributed by atoms with Gasteiger partial charge in [-0.3, -0.25) is 24.4 Å². The van der Waals surface area contributed by atoms with E-state index < -0.39 is 11.9 Å². The van der Waals surface area contributed by atoms with Crippen molar-refractivity contribution in [2.45, 2.75) is 31.9 Å². The van der Waals surface area contributed by atoms with Crippen LogP contribution >= 0.6 is 11.3 Å². The Morgan fingerprint density at radius 3 is 2.89 bits per heavy atom. The molecule has 0 atom stereocenters. The smallest absolute Gasteiger partial charge is 0.290 e. The molecule has 35 heavy (non-hydrogen) atoms. The second kappa shape index (κ2) is 11.0. The first-order chi connectivity index (χ1) is 17.0. The Balaban J connectivity index is 0.000000917. The van der Waals surface area contributed by atoms with Gasteiger partial charge in [-0.2, -0.15) is 14.6 Å². The molecule has 0 saturated heterocycles. The molecule has 13 heteroatoms. The van der Waals surface area contributed by atoms with Crippen molar-refractivity contribution in [3.05, 3.63) is 53.8 Å². The standard InChI is InChI=1S/C21H20FN7O2S.CH2O2/c1-2-31-13-7-12(8-13)29-10-16(18(28-29)15-5-3-4-6-23-15)25-20(30)17-11-32-21(26-17)14-9-24-27-19(14)22;2-1-3/h3-6,9-13H,2,7-8H2,1H3,(H,24,27)(H,25,30);1H,(H,2,3). The summed E-state index contributed by atoms with van der Waals surface area (Å²) in [5.41, 5.74) is 2.18. The third kappa shape index (κ3) is 5.41. The summed E-state index contributed by atoms with van der Waals surface area (Å²) in [5.74, 6) is -0.996. The highest BCUT2D eigenvalue weighted by Crippen LogP contribution is 2.37. The number of anilines is 1. The normalized spacial score (nSPS) is 16.6. The summed E-state index contributed by atoms with van der Waals surface area (Å²) in [6.45, 7) is 2.42. The number of nitrogens with one attached hydrogen (secondary N) is 2. The molecular weight excluding hydrogens is 477 g/mol. The van der Waals surface area contributed by atoms with E-state index in [2.05, 4.69) is 25.5 Å². The van der Waals surface area contributed by atoms with Gasteiger partial charge in [-0.1, -0.05) is 6.07 Å². The number of amides is 1. The topological polar surface area (TPSA) is 148 Å². The highest BCUT2D eigenvalue weighted by molar-refractivity contribution is 7.13. The number of halogens is 1. The van der Waals surface area contributed by atoms with Gasteiger partial charge in [0.1, 0.15) is 16.4 Å². The van der Waals surface area contributed by atoms with Crippen LogP contribution in [0.2, 0.25) is 0 Å². The van der Waals surface area contributed by atoms with Gasteiger partial charge < -0.3 is 15.2 Å². The molecule has 0 unspecified atom stereocenters. The summed E-state index contributed by atoms with van der Waals surface area (Å²) in [5, 5.41) is 22.3. The first kappa shape index (κ1) is 24.2. The largest absolute Gasteiger partial charge is 0.483 e. The van der Waals surface area contributed by atoms with E-state index >= 15 is 0 Å². The quantitative estimate of drug-likeness (QED) is 0.327. The van der Waals surface area contributed by atoms with E-state index in [1.807, 2.05) is 36.0 Å². The average molecular weight is 500 g/mol. The highest BCUT2D eigenvalue weighted by atomic mass is 32.1. The van der Waals surface area contributed by atoms with Crippen LogP contribution in [0, 0.1) is 5.95 Å². The Morgan fingerprint density at radius 1 is 1.43 bits per heavy atom. The van der Waals surface area contributed by atoms with Gasteiger partial charge in [0, 0.05) is 24.4 Å². The van der Waals surface area contributed by atoms with Crippen LogP contribution in [-0.2, 0) is 9.53 Å². The van der Waals surface area contributed by atoms with Gasteiger partial charge in [-0.25, -0.2) is 4.98 Å². The van der Waals surface area contributed by atoms with Gasteiger partial charge in [0.05, 0.1) is 35.3 Å². The van der Waals surface area contributed by atoms with E-state index in [0.29, 0.717) is 28.7 Å². The molecular formula is C22H22FN7O4S. The third-order valence-electron chi connectivity index (χ3n) is 5.29. The fraction of sp³-hybridized carbons (Fsp3) is 0.273. The van der Waals surface area contributed by atoms with E-state index in [4.69, 9.17) is 19.7 Å². The predicted molar refractivity (Wildman–Crippen MR) is 125 cm³/mol. The van der Waals surface area contributed by atoms with Crippen molar-refractivity contribution in [1.82, 2.24) is 29.9 Å². The molecule has 3 N–H and O–H groups in total. The summed E-state index contributed by atoms with van der Waals surface area (Å²) < 4.78 is 21.3. The van der Waals surface area contributed by atoms with Crippen LogP contribution in [-0.4, -0.2) is 60.1 Å². The maximum Gasteiger partial charge on any atom is 0.290 e. The molecule has 1 fully saturated rings. The minimum atomic E-state index is -0.587. The fourth-order valence-electron chi connectivity index (χ4n) is 3.60. The molecule has 4 aromatic rings. The summed E-state index contributed by atoms with van der Waals surface area (Å²) in [6, 6.07) is 5.74. The molecule has 4 aromatic heterocycles. The molecule has 1 aliphatic carbocycles. The molecule has 182 valence electrons. The number of aromatic amines is 1. The first-order valence-corrected chi connectivity index (χ1v) is 11.6. The van der Waals surface area contributed by atoms with Crippen molar-refractivity contribution in [3.8, 4) is 22.0 Å². The molecule has 1 aliphatic rings. The highest BCUT2D eigenvalue weighted by Gasteiger charge is 2.32. The van der Waals surface area contributed by atoms with Crippen LogP contribution in [0.25, 0.3) is 22.0 Å². The zero-order valence-electron chi connectivity index (χ0n) is 18.6. The number of hydrogen-bond acceptors (Lipinski definition) is 8. The number of thiazole rings is 1. The van der Waals surface area contributed by atoms with Crippen LogP contribution in [0.5, 0.6) is 0 Å².